The first-order chi connectivity index (χ1) is 13.9. The summed E-state index contributed by atoms with van der Waals surface area (Å²) in [6.07, 6.45) is 0. The molecule has 1 atom stereocenters. The minimum absolute atomic E-state index is 0.150. The number of rotatable bonds is 5. The lowest BCUT2D eigenvalue weighted by atomic mass is 9.84. The third kappa shape index (κ3) is 3.66. The molecule has 4 rings (SSSR count). The smallest absolute Gasteiger partial charge is 0.253 e. The number of halogens is 2. The molecule has 0 radical (unpaired) electrons. The van der Waals surface area contributed by atoms with Crippen LogP contribution in [0, 0.1) is 0 Å². The highest BCUT2D eigenvalue weighted by Crippen LogP contribution is 2.38. The summed E-state index contributed by atoms with van der Waals surface area (Å²) in [6, 6.07) is 11.7. The van der Waals surface area contributed by atoms with E-state index in [-0.39, 0.29) is 5.92 Å². The highest BCUT2D eigenvalue weighted by molar-refractivity contribution is 6.35. The van der Waals surface area contributed by atoms with Crippen LogP contribution in [0.25, 0.3) is 0 Å². The van der Waals surface area contributed by atoms with E-state index in [4.69, 9.17) is 23.2 Å². The lowest BCUT2D eigenvalue weighted by molar-refractivity contribution is 0.295. The fourth-order valence-corrected chi connectivity index (χ4v) is 4.50. The molecule has 3 aromatic rings. The van der Waals surface area contributed by atoms with Crippen molar-refractivity contribution in [1.29, 1.82) is 0 Å². The molecule has 150 valence electrons. The summed E-state index contributed by atoms with van der Waals surface area (Å²) in [5.41, 5.74) is 3.87. The van der Waals surface area contributed by atoms with Crippen molar-refractivity contribution in [3.63, 3.8) is 0 Å². The summed E-state index contributed by atoms with van der Waals surface area (Å²) in [5.74, 6) is 0.150. The molecule has 0 bridgehead atoms. The van der Waals surface area contributed by atoms with Crippen LogP contribution in [0.4, 0.5) is 17.1 Å². The van der Waals surface area contributed by atoms with Crippen LogP contribution in [0.5, 0.6) is 0 Å². The summed E-state index contributed by atoms with van der Waals surface area (Å²) in [7, 11) is 2.07. The van der Waals surface area contributed by atoms with Crippen molar-refractivity contribution in [2.45, 2.75) is 19.4 Å². The minimum atomic E-state index is -0.489. The van der Waals surface area contributed by atoms with E-state index in [1.54, 1.807) is 6.07 Å². The zero-order valence-corrected chi connectivity index (χ0v) is 17.7. The quantitative estimate of drug-likeness (QED) is 0.590. The Bertz CT molecular complexity index is 1130. The Hall–Kier alpha value is -2.34. The van der Waals surface area contributed by atoms with Gasteiger partial charge in [0, 0.05) is 41.3 Å². The van der Waals surface area contributed by atoms with Gasteiger partial charge in [0.1, 0.15) is 11.4 Å². The van der Waals surface area contributed by atoms with Gasteiger partial charge >= 0.3 is 0 Å². The second kappa shape index (κ2) is 7.82. The highest BCUT2D eigenvalue weighted by Gasteiger charge is 2.27. The van der Waals surface area contributed by atoms with Gasteiger partial charge in [-0.1, -0.05) is 35.3 Å². The molecule has 2 N–H and O–H groups in total. The lowest BCUT2D eigenvalue weighted by Crippen LogP contribution is -2.36. The van der Waals surface area contributed by atoms with Gasteiger partial charge in [-0.05, 0) is 54.9 Å². The van der Waals surface area contributed by atoms with Crippen molar-refractivity contribution in [2.24, 2.45) is 0 Å². The number of likely N-dealkylation sites (N-methyl/N-ethyl adjacent to an activating group) is 1. The predicted molar refractivity (Wildman–Crippen MR) is 120 cm³/mol. The van der Waals surface area contributed by atoms with E-state index in [2.05, 4.69) is 22.6 Å². The van der Waals surface area contributed by atoms with Gasteiger partial charge in [-0.2, -0.15) is 0 Å². The van der Waals surface area contributed by atoms with E-state index >= 15 is 0 Å². The number of benzene rings is 2. The molecule has 29 heavy (non-hydrogen) atoms. The van der Waals surface area contributed by atoms with Crippen molar-refractivity contribution in [1.82, 2.24) is 4.90 Å². The molecule has 0 saturated carbocycles. The van der Waals surface area contributed by atoms with E-state index in [1.807, 2.05) is 37.3 Å². The van der Waals surface area contributed by atoms with Gasteiger partial charge in [0.25, 0.3) is 10.9 Å². The van der Waals surface area contributed by atoms with Gasteiger partial charge in [-0.15, -0.1) is 0 Å². The molecule has 0 saturated heterocycles. The second-order valence-electron chi connectivity index (χ2n) is 7.39. The molecule has 0 fully saturated rings. The molecule has 0 amide bonds. The molecule has 1 aliphatic rings. The van der Waals surface area contributed by atoms with Crippen LogP contribution < -0.4 is 21.5 Å². The molecule has 0 aliphatic carbocycles. The van der Waals surface area contributed by atoms with Gasteiger partial charge in [-0.25, -0.2) is 0 Å². The van der Waals surface area contributed by atoms with Crippen LogP contribution in [0.1, 0.15) is 29.5 Å². The maximum Gasteiger partial charge on any atom is 0.253 e. The van der Waals surface area contributed by atoms with E-state index < -0.39 is 10.9 Å². The summed E-state index contributed by atoms with van der Waals surface area (Å²) < 4.78 is 0. The Morgan fingerprint density at radius 1 is 1.07 bits per heavy atom. The zero-order chi connectivity index (χ0) is 20.7. The largest absolute Gasteiger partial charge is 0.380 e. The van der Waals surface area contributed by atoms with E-state index in [1.165, 1.54) is 0 Å². The van der Waals surface area contributed by atoms with Gasteiger partial charge < -0.3 is 15.5 Å². The summed E-state index contributed by atoms with van der Waals surface area (Å²) in [6.45, 7) is 4.11. The molecule has 5 nitrogen and oxygen atoms in total. The third-order valence-electron chi connectivity index (χ3n) is 5.34. The van der Waals surface area contributed by atoms with Crippen LogP contribution in [0.3, 0.4) is 0 Å². The fraction of sp³-hybridized carbons (Fsp3) is 0.273. The van der Waals surface area contributed by atoms with Crippen LogP contribution in [0.2, 0.25) is 10.0 Å². The Labute approximate surface area is 178 Å². The first kappa shape index (κ1) is 20.0. The van der Waals surface area contributed by atoms with Crippen molar-refractivity contribution >= 4 is 40.3 Å². The molecule has 7 heteroatoms. The molecule has 1 heterocycles. The molecule has 1 unspecified atom stereocenters. The van der Waals surface area contributed by atoms with Crippen molar-refractivity contribution in [3.05, 3.63) is 83.6 Å². The predicted octanol–water partition coefficient (Wildman–Crippen LogP) is 4.34. The summed E-state index contributed by atoms with van der Waals surface area (Å²) in [5, 5.41) is 7.33. The zero-order valence-electron chi connectivity index (χ0n) is 16.2. The second-order valence-corrected chi connectivity index (χ2v) is 8.23. The van der Waals surface area contributed by atoms with Crippen LogP contribution >= 0.6 is 23.2 Å². The molecule has 3 aromatic carbocycles. The average molecular weight is 430 g/mol. The molecule has 0 spiro atoms. The molecule has 1 aliphatic heterocycles. The van der Waals surface area contributed by atoms with Gasteiger partial charge in [0.15, 0.2) is 0 Å². The van der Waals surface area contributed by atoms with E-state index in [9.17, 15) is 9.59 Å². The Balaban J connectivity index is 1.62. The van der Waals surface area contributed by atoms with Crippen LogP contribution in [-0.4, -0.2) is 25.0 Å². The number of fused-ring (bicyclic) bond motifs is 1. The number of nitrogens with one attached hydrogen (secondary N) is 2. The summed E-state index contributed by atoms with van der Waals surface area (Å²) in [4.78, 5) is 25.8. The van der Waals surface area contributed by atoms with Crippen LogP contribution in [-0.2, 0) is 6.54 Å². The third-order valence-corrected chi connectivity index (χ3v) is 5.89. The van der Waals surface area contributed by atoms with Gasteiger partial charge in [0.2, 0.25) is 0 Å². The summed E-state index contributed by atoms with van der Waals surface area (Å²) >= 11 is 12.7. The molecular weight excluding hydrogens is 409 g/mol. The lowest BCUT2D eigenvalue weighted by Gasteiger charge is -2.33. The molecule has 0 aromatic heterocycles. The van der Waals surface area contributed by atoms with E-state index in [0.717, 1.165) is 35.5 Å². The highest BCUT2D eigenvalue weighted by atomic mass is 35.5. The Morgan fingerprint density at radius 3 is 2.45 bits per heavy atom. The Morgan fingerprint density at radius 2 is 1.76 bits per heavy atom. The maximum atomic E-state index is 11.9. The monoisotopic (exact) mass is 429 g/mol. The maximum absolute atomic E-state index is 11.9. The Kier molecular flexibility index (Phi) is 5.38. The SMILES string of the molecule is CCNc1c(Nc2ccc(C3CN(C)Cc4c(Cl)cc(Cl)cc43)cc2)c(=O)c1=O. The van der Waals surface area contributed by atoms with Gasteiger partial charge in [0.05, 0.1) is 0 Å². The normalized spacial score (nSPS) is 16.6. The van der Waals surface area contributed by atoms with Crippen molar-refractivity contribution in [3.8, 4) is 0 Å². The number of hydrogen-bond acceptors (Lipinski definition) is 5. The first-order valence-corrected chi connectivity index (χ1v) is 10.2. The minimum Gasteiger partial charge on any atom is -0.380 e. The van der Waals surface area contributed by atoms with Gasteiger partial charge in [-0.3, -0.25) is 9.59 Å². The topological polar surface area (TPSA) is 61.4 Å². The standard InChI is InChI=1S/C22H21Cl2N3O2/c1-3-25-19-20(22(29)21(19)28)26-14-6-4-12(5-7-14)16-10-27(2)11-17-15(16)8-13(23)9-18(17)24/h4-9,16,25-26H,3,10-11H2,1-2H3. The van der Waals surface area contributed by atoms with Crippen molar-refractivity contribution in [2.75, 3.05) is 30.8 Å². The number of hydrogen-bond donors (Lipinski definition) is 2. The van der Waals surface area contributed by atoms with Crippen LogP contribution in [0.15, 0.2) is 46.0 Å². The number of anilines is 3. The first-order valence-electron chi connectivity index (χ1n) is 9.49. The number of nitrogens with zero attached hydrogens (tertiary/aromatic N) is 1. The van der Waals surface area contributed by atoms with Crippen molar-refractivity contribution < 1.29 is 0 Å². The average Bonchev–Trinajstić information content (AvgIpc) is 2.71. The fourth-order valence-electron chi connectivity index (χ4n) is 3.93. The van der Waals surface area contributed by atoms with E-state index in [0.29, 0.717) is 28.0 Å². The molecular formula is C22H21Cl2N3O2.